The molecule has 1 aromatic rings. The summed E-state index contributed by atoms with van der Waals surface area (Å²) in [6.07, 6.45) is 4.58. The average Bonchev–Trinajstić information content (AvgIpc) is 2.38. The first-order valence-electron chi connectivity index (χ1n) is 7.11. The molecule has 0 aromatic heterocycles. The number of rotatable bonds is 3. The molecule has 0 heterocycles. The first-order chi connectivity index (χ1) is 9.71. The van der Waals surface area contributed by atoms with Crippen LogP contribution in [0, 0.1) is 5.92 Å². The number of sulfone groups is 1. The minimum Gasteiger partial charge on any atom is -0.324 e. The lowest BCUT2D eigenvalue weighted by atomic mass is 9.76. The van der Waals surface area contributed by atoms with Crippen LogP contribution >= 0.6 is 0 Å². The lowest BCUT2D eigenvalue weighted by Crippen LogP contribution is -2.53. The number of nitrogens with one attached hydrogen (secondary N) is 1. The first kappa shape index (κ1) is 16.0. The summed E-state index contributed by atoms with van der Waals surface area (Å²) in [5.74, 6) is 0.253. The second kappa shape index (κ2) is 5.77. The highest BCUT2D eigenvalue weighted by Crippen LogP contribution is 2.31. The van der Waals surface area contributed by atoms with Crippen molar-refractivity contribution >= 4 is 21.4 Å². The van der Waals surface area contributed by atoms with Crippen LogP contribution in [0.2, 0.25) is 0 Å². The molecule has 1 amide bonds. The summed E-state index contributed by atoms with van der Waals surface area (Å²) in [5, 5.41) is 2.79. The van der Waals surface area contributed by atoms with Crippen LogP contribution in [0.1, 0.15) is 32.6 Å². The van der Waals surface area contributed by atoms with E-state index in [4.69, 9.17) is 5.73 Å². The molecule has 2 unspecified atom stereocenters. The van der Waals surface area contributed by atoms with E-state index in [1.165, 1.54) is 12.1 Å². The molecule has 0 radical (unpaired) electrons. The number of amides is 1. The summed E-state index contributed by atoms with van der Waals surface area (Å²) < 4.78 is 22.8. The fourth-order valence-electron chi connectivity index (χ4n) is 2.84. The van der Waals surface area contributed by atoms with Gasteiger partial charge in [0.1, 0.15) is 0 Å². The number of carbonyl (C=O) groups is 1. The predicted octanol–water partition coefficient (Wildman–Crippen LogP) is 1.94. The van der Waals surface area contributed by atoms with Crippen molar-refractivity contribution in [3.63, 3.8) is 0 Å². The standard InChI is InChI=1S/C15H22N2O3S/c1-11-4-3-9-15(16,10-11)14(18)17-12-5-7-13(8-6-12)21(2,19)20/h5-8,11H,3-4,9-10,16H2,1-2H3,(H,17,18). The third-order valence-electron chi connectivity index (χ3n) is 4.03. The second-order valence-electron chi connectivity index (χ2n) is 6.11. The molecule has 0 aliphatic heterocycles. The summed E-state index contributed by atoms with van der Waals surface area (Å²) >= 11 is 0. The highest BCUT2D eigenvalue weighted by molar-refractivity contribution is 7.90. The van der Waals surface area contributed by atoms with E-state index in [1.807, 2.05) is 0 Å². The van der Waals surface area contributed by atoms with Gasteiger partial charge in [0, 0.05) is 11.9 Å². The Hall–Kier alpha value is -1.40. The van der Waals surface area contributed by atoms with Gasteiger partial charge < -0.3 is 11.1 Å². The van der Waals surface area contributed by atoms with Crippen molar-refractivity contribution in [2.75, 3.05) is 11.6 Å². The molecule has 1 aliphatic carbocycles. The highest BCUT2D eigenvalue weighted by atomic mass is 32.2. The molecule has 6 heteroatoms. The molecule has 3 N–H and O–H groups in total. The van der Waals surface area contributed by atoms with Gasteiger partial charge in [-0.05, 0) is 43.0 Å². The summed E-state index contributed by atoms with van der Waals surface area (Å²) in [6.45, 7) is 2.11. The van der Waals surface area contributed by atoms with E-state index in [9.17, 15) is 13.2 Å². The molecule has 116 valence electrons. The largest absolute Gasteiger partial charge is 0.324 e. The number of anilines is 1. The number of hydrogen-bond donors (Lipinski definition) is 2. The average molecular weight is 310 g/mol. The molecule has 2 rings (SSSR count). The van der Waals surface area contributed by atoms with Gasteiger partial charge in [0.05, 0.1) is 10.4 Å². The van der Waals surface area contributed by atoms with Crippen LogP contribution in [-0.2, 0) is 14.6 Å². The van der Waals surface area contributed by atoms with Gasteiger partial charge in [-0.2, -0.15) is 0 Å². The lowest BCUT2D eigenvalue weighted by Gasteiger charge is -2.35. The van der Waals surface area contributed by atoms with Crippen molar-refractivity contribution in [2.24, 2.45) is 11.7 Å². The van der Waals surface area contributed by atoms with E-state index < -0.39 is 15.4 Å². The Morgan fingerprint density at radius 3 is 2.48 bits per heavy atom. The van der Waals surface area contributed by atoms with Gasteiger partial charge in [-0.25, -0.2) is 8.42 Å². The van der Waals surface area contributed by atoms with Crippen molar-refractivity contribution < 1.29 is 13.2 Å². The van der Waals surface area contributed by atoms with Gasteiger partial charge in [0.2, 0.25) is 5.91 Å². The van der Waals surface area contributed by atoms with Crippen molar-refractivity contribution in [1.29, 1.82) is 0 Å². The lowest BCUT2D eigenvalue weighted by molar-refractivity contribution is -0.122. The van der Waals surface area contributed by atoms with Gasteiger partial charge in [-0.1, -0.05) is 19.8 Å². The van der Waals surface area contributed by atoms with Crippen molar-refractivity contribution in [2.45, 2.75) is 43.0 Å². The number of hydrogen-bond acceptors (Lipinski definition) is 4. The maximum absolute atomic E-state index is 12.4. The summed E-state index contributed by atoms with van der Waals surface area (Å²) in [6, 6.07) is 6.14. The number of benzene rings is 1. The van der Waals surface area contributed by atoms with E-state index in [0.717, 1.165) is 19.1 Å². The molecule has 0 bridgehead atoms. The molecular weight excluding hydrogens is 288 g/mol. The van der Waals surface area contributed by atoms with Gasteiger partial charge in [-0.3, -0.25) is 4.79 Å². The van der Waals surface area contributed by atoms with Gasteiger partial charge >= 0.3 is 0 Å². The quantitative estimate of drug-likeness (QED) is 0.893. The third kappa shape index (κ3) is 3.83. The molecule has 21 heavy (non-hydrogen) atoms. The molecule has 1 aliphatic rings. The van der Waals surface area contributed by atoms with Crippen molar-refractivity contribution in [3.8, 4) is 0 Å². The minimum absolute atomic E-state index is 0.193. The first-order valence-corrected chi connectivity index (χ1v) is 9.00. The van der Waals surface area contributed by atoms with E-state index in [2.05, 4.69) is 12.2 Å². The summed E-state index contributed by atoms with van der Waals surface area (Å²) in [5.41, 5.74) is 5.97. The molecule has 1 aromatic carbocycles. The van der Waals surface area contributed by atoms with Crippen LogP contribution in [0.25, 0.3) is 0 Å². The Kier molecular flexibility index (Phi) is 4.39. The highest BCUT2D eigenvalue weighted by Gasteiger charge is 2.37. The maximum Gasteiger partial charge on any atom is 0.244 e. The SMILES string of the molecule is CC1CCCC(N)(C(=O)Nc2ccc(S(C)(=O)=O)cc2)C1. The van der Waals surface area contributed by atoms with Crippen molar-refractivity contribution in [3.05, 3.63) is 24.3 Å². The molecule has 5 nitrogen and oxygen atoms in total. The fraction of sp³-hybridized carbons (Fsp3) is 0.533. The topological polar surface area (TPSA) is 89.3 Å². The maximum atomic E-state index is 12.4. The van der Waals surface area contributed by atoms with Crippen LogP contribution in [0.3, 0.4) is 0 Å². The normalized spacial score (nSPS) is 26.3. The molecule has 1 saturated carbocycles. The Labute approximate surface area is 125 Å². The van der Waals surface area contributed by atoms with Crippen LogP contribution < -0.4 is 11.1 Å². The zero-order valence-electron chi connectivity index (χ0n) is 12.4. The summed E-state index contributed by atoms with van der Waals surface area (Å²) in [4.78, 5) is 12.6. The zero-order chi connectivity index (χ0) is 15.7. The van der Waals surface area contributed by atoms with E-state index in [1.54, 1.807) is 12.1 Å². The molecular formula is C15H22N2O3S. The number of carbonyl (C=O) groups excluding carboxylic acids is 1. The molecule has 0 spiro atoms. The zero-order valence-corrected chi connectivity index (χ0v) is 13.2. The van der Waals surface area contributed by atoms with Crippen LogP contribution in [0.4, 0.5) is 5.69 Å². The predicted molar refractivity (Wildman–Crippen MR) is 82.7 cm³/mol. The van der Waals surface area contributed by atoms with Gasteiger partial charge in [0.15, 0.2) is 9.84 Å². The minimum atomic E-state index is -3.23. The Balaban J connectivity index is 2.09. The number of nitrogens with two attached hydrogens (primary N) is 1. The van der Waals surface area contributed by atoms with Crippen LogP contribution in [0.5, 0.6) is 0 Å². The third-order valence-corrected chi connectivity index (χ3v) is 5.15. The molecule has 1 fully saturated rings. The van der Waals surface area contributed by atoms with E-state index in [0.29, 0.717) is 24.4 Å². The fourth-order valence-corrected chi connectivity index (χ4v) is 3.47. The van der Waals surface area contributed by atoms with Crippen molar-refractivity contribution in [1.82, 2.24) is 0 Å². The Bertz CT molecular complexity index is 625. The molecule has 2 atom stereocenters. The van der Waals surface area contributed by atoms with Gasteiger partial charge in [-0.15, -0.1) is 0 Å². The molecule has 0 saturated heterocycles. The smallest absolute Gasteiger partial charge is 0.244 e. The second-order valence-corrected chi connectivity index (χ2v) is 8.12. The Morgan fingerprint density at radius 1 is 1.33 bits per heavy atom. The van der Waals surface area contributed by atoms with Crippen LogP contribution in [0.15, 0.2) is 29.2 Å². The van der Waals surface area contributed by atoms with E-state index >= 15 is 0 Å². The van der Waals surface area contributed by atoms with Gasteiger partial charge in [0.25, 0.3) is 0 Å². The Morgan fingerprint density at radius 2 is 1.95 bits per heavy atom. The monoisotopic (exact) mass is 310 g/mol. The van der Waals surface area contributed by atoms with E-state index in [-0.39, 0.29) is 10.8 Å². The van der Waals surface area contributed by atoms with Crippen LogP contribution in [-0.4, -0.2) is 26.1 Å². The summed E-state index contributed by atoms with van der Waals surface area (Å²) in [7, 11) is -3.23.